The molecule has 0 saturated carbocycles. The van der Waals surface area contributed by atoms with Gasteiger partial charge in [0.05, 0.1) is 4.90 Å². The molecule has 2 aromatic carbocycles. The number of sulfonamides is 1. The monoisotopic (exact) mass is 393 g/mol. The maximum Gasteiger partial charge on any atom is 0.262 e. The van der Waals surface area contributed by atoms with Crippen molar-refractivity contribution in [3.05, 3.63) is 56.9 Å². The smallest absolute Gasteiger partial charge is 0.262 e. The van der Waals surface area contributed by atoms with Crippen LogP contribution in [-0.4, -0.2) is 8.42 Å². The summed E-state index contributed by atoms with van der Waals surface area (Å²) in [6.07, 6.45) is 0. The highest BCUT2D eigenvalue weighted by atomic mass is 32.2. The zero-order valence-corrected chi connectivity index (χ0v) is 15.4. The van der Waals surface area contributed by atoms with Crippen molar-refractivity contribution in [2.45, 2.75) is 39.5 Å². The highest BCUT2D eigenvalue weighted by Gasteiger charge is 2.31. The van der Waals surface area contributed by atoms with Crippen LogP contribution in [0.4, 0.5) is 27.6 Å². The van der Waals surface area contributed by atoms with Crippen LogP contribution in [0.3, 0.4) is 0 Å². The molecule has 0 aliphatic rings. The number of halogens is 5. The molecule has 0 atom stereocenters. The van der Waals surface area contributed by atoms with E-state index in [-0.39, 0.29) is 4.90 Å². The summed E-state index contributed by atoms with van der Waals surface area (Å²) in [6.45, 7) is 8.14. The number of benzene rings is 2. The van der Waals surface area contributed by atoms with Crippen LogP contribution in [0.1, 0.15) is 27.8 Å². The van der Waals surface area contributed by atoms with E-state index in [1.165, 1.54) is 18.6 Å². The Labute approximate surface area is 147 Å². The summed E-state index contributed by atoms with van der Waals surface area (Å²) in [6, 6.07) is 0. The molecule has 1 N–H and O–H groups in total. The molecule has 0 heterocycles. The van der Waals surface area contributed by atoms with Crippen molar-refractivity contribution in [2.75, 3.05) is 4.72 Å². The van der Waals surface area contributed by atoms with Crippen molar-refractivity contribution in [3.8, 4) is 0 Å². The van der Waals surface area contributed by atoms with Gasteiger partial charge in [0.2, 0.25) is 5.82 Å². The van der Waals surface area contributed by atoms with Crippen molar-refractivity contribution in [1.82, 2.24) is 0 Å². The molecule has 0 fully saturated rings. The minimum Gasteiger partial charge on any atom is -0.274 e. The molecule has 0 aliphatic carbocycles. The molecule has 9 heteroatoms. The number of hydrogen-bond donors (Lipinski definition) is 1. The number of nitrogens with one attached hydrogen (secondary N) is 1. The molecule has 0 bridgehead atoms. The van der Waals surface area contributed by atoms with Gasteiger partial charge in [-0.15, -0.1) is 0 Å². The Hall–Kier alpha value is -2.16. The minimum atomic E-state index is -4.61. The minimum absolute atomic E-state index is 0.262. The van der Waals surface area contributed by atoms with Crippen LogP contribution in [0, 0.1) is 63.7 Å². The van der Waals surface area contributed by atoms with Gasteiger partial charge in [-0.2, -0.15) is 0 Å². The summed E-state index contributed by atoms with van der Waals surface area (Å²) in [5, 5.41) is 0. The molecular formula is C17H16F5NO2S. The van der Waals surface area contributed by atoms with Gasteiger partial charge in [0.25, 0.3) is 10.0 Å². The molecule has 26 heavy (non-hydrogen) atoms. The van der Waals surface area contributed by atoms with Crippen LogP contribution in [0.25, 0.3) is 0 Å². The van der Waals surface area contributed by atoms with Gasteiger partial charge in [0.1, 0.15) is 5.69 Å². The third-order valence-corrected chi connectivity index (χ3v) is 6.27. The van der Waals surface area contributed by atoms with Gasteiger partial charge in [0, 0.05) is 0 Å². The van der Waals surface area contributed by atoms with Gasteiger partial charge in [-0.1, -0.05) is 0 Å². The average molecular weight is 393 g/mol. The zero-order valence-electron chi connectivity index (χ0n) is 14.6. The van der Waals surface area contributed by atoms with E-state index in [9.17, 15) is 30.4 Å². The van der Waals surface area contributed by atoms with E-state index in [1.54, 1.807) is 20.8 Å². The van der Waals surface area contributed by atoms with E-state index >= 15 is 0 Å². The molecule has 142 valence electrons. The number of rotatable bonds is 3. The lowest BCUT2D eigenvalue weighted by molar-refractivity contribution is 0.382. The second-order valence-electron chi connectivity index (χ2n) is 6.00. The third-order valence-electron chi connectivity index (χ3n) is 4.65. The summed E-state index contributed by atoms with van der Waals surface area (Å²) >= 11 is 0. The van der Waals surface area contributed by atoms with Crippen LogP contribution >= 0.6 is 0 Å². The fraction of sp³-hybridized carbons (Fsp3) is 0.294. The maximum absolute atomic E-state index is 13.8. The number of anilines is 1. The van der Waals surface area contributed by atoms with Gasteiger partial charge < -0.3 is 0 Å². The topological polar surface area (TPSA) is 46.2 Å². The number of hydrogen-bond acceptors (Lipinski definition) is 2. The van der Waals surface area contributed by atoms with E-state index in [0.29, 0.717) is 22.3 Å². The van der Waals surface area contributed by atoms with E-state index in [4.69, 9.17) is 0 Å². The first-order valence-corrected chi connectivity index (χ1v) is 8.92. The van der Waals surface area contributed by atoms with Crippen LogP contribution < -0.4 is 4.72 Å². The molecule has 0 amide bonds. The summed E-state index contributed by atoms with van der Waals surface area (Å²) in [7, 11) is -4.61. The van der Waals surface area contributed by atoms with Crippen LogP contribution in [0.15, 0.2) is 4.90 Å². The molecule has 0 spiro atoms. The Morgan fingerprint density at radius 3 is 1.27 bits per heavy atom. The standard InChI is InChI=1S/C17H16F5NO2S/c1-6-7(2)9(4)17(10(5)8(6)3)26(24,25)23-16-14(21)12(19)11(18)13(20)15(16)22/h23H,1-5H3. The molecule has 0 radical (unpaired) electrons. The third kappa shape index (κ3) is 2.94. The quantitative estimate of drug-likeness (QED) is 0.466. The first-order valence-electron chi connectivity index (χ1n) is 7.44. The highest BCUT2D eigenvalue weighted by molar-refractivity contribution is 7.92. The molecule has 2 rings (SSSR count). The van der Waals surface area contributed by atoms with Gasteiger partial charge in [-0.3, -0.25) is 4.72 Å². The lowest BCUT2D eigenvalue weighted by Crippen LogP contribution is -2.20. The molecular weight excluding hydrogens is 377 g/mol. The SMILES string of the molecule is Cc1c(C)c(C)c(S(=O)(=O)Nc2c(F)c(F)c(F)c(F)c2F)c(C)c1C. The second kappa shape index (κ2) is 6.53. The molecule has 0 aromatic heterocycles. The van der Waals surface area contributed by atoms with Crippen LogP contribution in [0.5, 0.6) is 0 Å². The average Bonchev–Trinajstić information content (AvgIpc) is 2.58. The first-order chi connectivity index (χ1) is 11.8. The molecule has 0 unspecified atom stereocenters. The fourth-order valence-electron chi connectivity index (χ4n) is 2.75. The molecule has 0 aliphatic heterocycles. The molecule has 3 nitrogen and oxygen atoms in total. The lowest BCUT2D eigenvalue weighted by atomic mass is 9.95. The summed E-state index contributed by atoms with van der Waals surface area (Å²) in [5.41, 5.74) is 1.16. The maximum atomic E-state index is 13.8. The lowest BCUT2D eigenvalue weighted by Gasteiger charge is -2.20. The second-order valence-corrected chi connectivity index (χ2v) is 7.62. The van der Waals surface area contributed by atoms with Crippen molar-refractivity contribution >= 4 is 15.7 Å². The van der Waals surface area contributed by atoms with Crippen molar-refractivity contribution in [3.63, 3.8) is 0 Å². The van der Waals surface area contributed by atoms with Gasteiger partial charge >= 0.3 is 0 Å². The highest BCUT2D eigenvalue weighted by Crippen LogP contribution is 2.33. The Bertz CT molecular complexity index is 974. The predicted octanol–water partition coefficient (Wildman–Crippen LogP) is 4.73. The summed E-state index contributed by atoms with van der Waals surface area (Å²) in [5.74, 6) is -11.3. The van der Waals surface area contributed by atoms with E-state index < -0.39 is 44.8 Å². The van der Waals surface area contributed by atoms with E-state index in [1.807, 2.05) is 0 Å². The zero-order chi connectivity index (χ0) is 20.1. The van der Waals surface area contributed by atoms with Crippen LogP contribution in [-0.2, 0) is 10.0 Å². The first kappa shape index (κ1) is 20.2. The van der Waals surface area contributed by atoms with E-state index in [0.717, 1.165) is 5.56 Å². The van der Waals surface area contributed by atoms with Crippen molar-refractivity contribution in [2.24, 2.45) is 0 Å². The normalized spacial score (nSPS) is 11.8. The van der Waals surface area contributed by atoms with Gasteiger partial charge in [0.15, 0.2) is 23.3 Å². The van der Waals surface area contributed by atoms with Gasteiger partial charge in [-0.05, 0) is 62.4 Å². The largest absolute Gasteiger partial charge is 0.274 e. The summed E-state index contributed by atoms with van der Waals surface area (Å²) < 4.78 is 94.3. The van der Waals surface area contributed by atoms with Crippen LogP contribution in [0.2, 0.25) is 0 Å². The van der Waals surface area contributed by atoms with Crippen molar-refractivity contribution in [1.29, 1.82) is 0 Å². The Kier molecular flexibility index (Phi) is 5.06. The predicted molar refractivity (Wildman–Crippen MR) is 87.2 cm³/mol. The molecule has 0 saturated heterocycles. The summed E-state index contributed by atoms with van der Waals surface area (Å²) in [4.78, 5) is -0.262. The Morgan fingerprint density at radius 1 is 0.577 bits per heavy atom. The molecule has 2 aromatic rings. The Morgan fingerprint density at radius 2 is 0.885 bits per heavy atom. The fourth-order valence-corrected chi connectivity index (χ4v) is 4.41. The Balaban J connectivity index is 2.74. The van der Waals surface area contributed by atoms with Gasteiger partial charge in [-0.25, -0.2) is 30.4 Å². The van der Waals surface area contributed by atoms with E-state index in [2.05, 4.69) is 0 Å². The van der Waals surface area contributed by atoms with Crippen molar-refractivity contribution < 1.29 is 30.4 Å².